The number of aromatic nitrogens is 1. The van der Waals surface area contributed by atoms with Gasteiger partial charge in [-0.1, -0.05) is 18.2 Å². The number of oxazole rings is 1. The van der Waals surface area contributed by atoms with E-state index in [1.807, 2.05) is 36.4 Å². The largest absolute Gasteiger partial charge is 0.436 e. The van der Waals surface area contributed by atoms with E-state index < -0.39 is 0 Å². The molecule has 0 aliphatic rings. The Labute approximate surface area is 137 Å². The number of hydrogen-bond donors (Lipinski definition) is 1. The zero-order valence-corrected chi connectivity index (χ0v) is 12.3. The molecule has 112 valence electrons. The molecular formula is C18H9N5O. The predicted molar refractivity (Wildman–Crippen MR) is 86.9 cm³/mol. The van der Waals surface area contributed by atoms with Crippen LogP contribution in [0, 0.1) is 34.0 Å². The number of hydrogen-bond acceptors (Lipinski definition) is 6. The maximum absolute atomic E-state index is 9.10. The lowest BCUT2D eigenvalue weighted by Crippen LogP contribution is -2.00. The minimum Gasteiger partial charge on any atom is -0.436 e. The van der Waals surface area contributed by atoms with Crippen LogP contribution in [0.15, 0.2) is 64.2 Å². The van der Waals surface area contributed by atoms with Gasteiger partial charge in [-0.05, 0) is 30.3 Å². The molecule has 24 heavy (non-hydrogen) atoms. The Morgan fingerprint density at radius 3 is 2.46 bits per heavy atom. The number of allylic oxidation sites excluding steroid dienone is 2. The first-order chi connectivity index (χ1) is 11.7. The normalized spacial score (nSPS) is 9.54. The lowest BCUT2D eigenvalue weighted by atomic mass is 10.2. The average Bonchev–Trinajstić information content (AvgIpc) is 3.06. The lowest BCUT2D eigenvalue weighted by molar-refractivity contribution is 0.620. The van der Waals surface area contributed by atoms with Crippen LogP contribution < -0.4 is 5.32 Å². The number of fused-ring (bicyclic) bond motifs is 1. The van der Waals surface area contributed by atoms with Crippen molar-refractivity contribution in [1.29, 1.82) is 15.8 Å². The minimum absolute atomic E-state index is 0.102. The minimum atomic E-state index is -0.273. The van der Waals surface area contributed by atoms with Crippen molar-refractivity contribution in [2.24, 2.45) is 0 Å². The molecule has 6 nitrogen and oxygen atoms in total. The third kappa shape index (κ3) is 2.78. The number of para-hydroxylation sites is 2. The van der Waals surface area contributed by atoms with Gasteiger partial charge >= 0.3 is 0 Å². The highest BCUT2D eigenvalue weighted by atomic mass is 16.3. The van der Waals surface area contributed by atoms with Crippen LogP contribution in [0.1, 0.15) is 0 Å². The summed E-state index contributed by atoms with van der Waals surface area (Å²) >= 11 is 0. The number of anilines is 1. The van der Waals surface area contributed by atoms with Gasteiger partial charge in [0.2, 0.25) is 5.89 Å². The maximum Gasteiger partial charge on any atom is 0.227 e. The van der Waals surface area contributed by atoms with Crippen molar-refractivity contribution in [1.82, 2.24) is 4.98 Å². The average molecular weight is 311 g/mol. The molecule has 0 unspecified atom stereocenters. The predicted octanol–water partition coefficient (Wildman–Crippen LogP) is 3.73. The first-order valence-electron chi connectivity index (χ1n) is 6.92. The Bertz CT molecular complexity index is 1020. The highest BCUT2D eigenvalue weighted by Gasteiger charge is 2.10. The van der Waals surface area contributed by atoms with Gasteiger partial charge < -0.3 is 9.73 Å². The fourth-order valence-electron chi connectivity index (χ4n) is 2.15. The third-order valence-electron chi connectivity index (χ3n) is 3.26. The fraction of sp³-hybridized carbons (Fsp3) is 0. The van der Waals surface area contributed by atoms with Crippen molar-refractivity contribution in [3.8, 4) is 29.7 Å². The number of nitrogens with one attached hydrogen (secondary N) is 1. The molecule has 0 amide bonds. The molecule has 0 bridgehead atoms. The number of rotatable bonds is 3. The number of nitrogens with zero attached hydrogens (tertiary/aromatic N) is 4. The Morgan fingerprint density at radius 2 is 1.75 bits per heavy atom. The second-order valence-electron chi connectivity index (χ2n) is 4.78. The van der Waals surface area contributed by atoms with Crippen molar-refractivity contribution < 1.29 is 4.42 Å². The monoisotopic (exact) mass is 311 g/mol. The molecule has 0 radical (unpaired) electrons. The van der Waals surface area contributed by atoms with Crippen LogP contribution in [0.4, 0.5) is 5.69 Å². The molecule has 1 N–H and O–H groups in total. The maximum atomic E-state index is 9.10. The zero-order chi connectivity index (χ0) is 16.9. The first kappa shape index (κ1) is 14.8. The molecule has 6 heteroatoms. The van der Waals surface area contributed by atoms with Crippen LogP contribution in [0.3, 0.4) is 0 Å². The van der Waals surface area contributed by atoms with Gasteiger partial charge in [0.15, 0.2) is 11.2 Å². The zero-order valence-electron chi connectivity index (χ0n) is 12.3. The van der Waals surface area contributed by atoms with E-state index in [9.17, 15) is 0 Å². The molecule has 0 aliphatic carbocycles. The van der Waals surface area contributed by atoms with Crippen LogP contribution in [-0.2, 0) is 0 Å². The molecular weight excluding hydrogens is 302 g/mol. The van der Waals surface area contributed by atoms with E-state index in [1.165, 1.54) is 0 Å². The molecule has 0 fully saturated rings. The topological polar surface area (TPSA) is 109 Å². The summed E-state index contributed by atoms with van der Waals surface area (Å²) in [6.07, 6.45) is 0. The van der Waals surface area contributed by atoms with Crippen LogP contribution in [0.2, 0.25) is 0 Å². The second kappa shape index (κ2) is 6.36. The SMILES string of the molecule is N#CC(C#N)=C(C#N)Nc1cccc(-c2nc3ccccc3o2)c1. The van der Waals surface area contributed by atoms with E-state index in [0.717, 1.165) is 5.52 Å². The molecule has 3 rings (SSSR count). The van der Waals surface area contributed by atoms with Crippen molar-refractivity contribution >= 4 is 16.8 Å². The van der Waals surface area contributed by atoms with E-state index in [0.29, 0.717) is 22.7 Å². The van der Waals surface area contributed by atoms with Gasteiger partial charge in [-0.15, -0.1) is 0 Å². The summed E-state index contributed by atoms with van der Waals surface area (Å²) in [5.74, 6) is 0.447. The van der Waals surface area contributed by atoms with Gasteiger partial charge in [0, 0.05) is 11.3 Å². The quantitative estimate of drug-likeness (QED) is 0.738. The number of nitriles is 3. The second-order valence-corrected chi connectivity index (χ2v) is 4.78. The molecule has 0 atom stereocenters. The van der Waals surface area contributed by atoms with Gasteiger partial charge in [-0.25, -0.2) is 4.98 Å². The first-order valence-corrected chi connectivity index (χ1v) is 6.92. The van der Waals surface area contributed by atoms with Crippen LogP contribution in [0.25, 0.3) is 22.6 Å². The lowest BCUT2D eigenvalue weighted by Gasteiger charge is -2.05. The molecule has 0 saturated carbocycles. The summed E-state index contributed by atoms with van der Waals surface area (Å²) in [5, 5.41) is 29.6. The number of benzene rings is 2. The van der Waals surface area contributed by atoms with Gasteiger partial charge in [-0.3, -0.25) is 0 Å². The van der Waals surface area contributed by atoms with Gasteiger partial charge in [-0.2, -0.15) is 15.8 Å². The summed E-state index contributed by atoms with van der Waals surface area (Å²) in [6.45, 7) is 0. The van der Waals surface area contributed by atoms with E-state index in [4.69, 9.17) is 20.2 Å². The van der Waals surface area contributed by atoms with Crippen LogP contribution in [0.5, 0.6) is 0 Å². The molecule has 2 aromatic carbocycles. The summed E-state index contributed by atoms with van der Waals surface area (Å²) < 4.78 is 5.71. The van der Waals surface area contributed by atoms with Crippen LogP contribution in [-0.4, -0.2) is 4.98 Å². The summed E-state index contributed by atoms with van der Waals surface area (Å²) in [6, 6.07) is 19.7. The van der Waals surface area contributed by atoms with Crippen molar-refractivity contribution in [3.05, 3.63) is 59.8 Å². The van der Waals surface area contributed by atoms with E-state index in [1.54, 1.807) is 30.3 Å². The Morgan fingerprint density at radius 1 is 0.958 bits per heavy atom. The smallest absolute Gasteiger partial charge is 0.227 e. The van der Waals surface area contributed by atoms with Gasteiger partial charge in [0.1, 0.15) is 29.4 Å². The molecule has 1 heterocycles. The Hall–Kier alpha value is -4.08. The molecule has 0 saturated heterocycles. The third-order valence-corrected chi connectivity index (χ3v) is 3.26. The van der Waals surface area contributed by atoms with E-state index >= 15 is 0 Å². The Balaban J connectivity index is 1.98. The highest BCUT2D eigenvalue weighted by molar-refractivity contribution is 5.76. The fourth-order valence-corrected chi connectivity index (χ4v) is 2.15. The van der Waals surface area contributed by atoms with Crippen LogP contribution >= 0.6 is 0 Å². The highest BCUT2D eigenvalue weighted by Crippen LogP contribution is 2.26. The summed E-state index contributed by atoms with van der Waals surface area (Å²) in [4.78, 5) is 4.41. The van der Waals surface area contributed by atoms with Gasteiger partial charge in [0.05, 0.1) is 0 Å². The van der Waals surface area contributed by atoms with E-state index in [-0.39, 0.29) is 11.3 Å². The van der Waals surface area contributed by atoms with E-state index in [2.05, 4.69) is 10.3 Å². The Kier molecular flexibility index (Phi) is 3.93. The molecule has 1 aromatic heterocycles. The molecule has 0 aliphatic heterocycles. The van der Waals surface area contributed by atoms with Crippen molar-refractivity contribution in [3.63, 3.8) is 0 Å². The molecule has 0 spiro atoms. The van der Waals surface area contributed by atoms with Crippen molar-refractivity contribution in [2.75, 3.05) is 5.32 Å². The van der Waals surface area contributed by atoms with Crippen molar-refractivity contribution in [2.45, 2.75) is 0 Å². The standard InChI is InChI=1S/C18H9N5O/c19-9-13(10-20)16(11-21)22-14-5-3-4-12(8-14)18-23-15-6-1-2-7-17(15)24-18/h1-8,22H. The molecule has 3 aromatic rings. The van der Waals surface area contributed by atoms with Gasteiger partial charge in [0.25, 0.3) is 0 Å². The summed E-state index contributed by atoms with van der Waals surface area (Å²) in [5.41, 5.74) is 2.32. The summed E-state index contributed by atoms with van der Waals surface area (Å²) in [7, 11) is 0.